The highest BCUT2D eigenvalue weighted by Crippen LogP contribution is 2.32. The van der Waals surface area contributed by atoms with Crippen molar-refractivity contribution in [1.82, 2.24) is 9.97 Å². The van der Waals surface area contributed by atoms with E-state index in [1.54, 1.807) is 49.5 Å². The second-order valence-corrected chi connectivity index (χ2v) is 9.33. The van der Waals surface area contributed by atoms with Crippen LogP contribution in [-0.4, -0.2) is 21.5 Å². The number of halogens is 4. The van der Waals surface area contributed by atoms with E-state index in [2.05, 4.69) is 15.1 Å². The van der Waals surface area contributed by atoms with Gasteiger partial charge in [0.1, 0.15) is 5.82 Å². The smallest absolute Gasteiger partial charge is 0.385 e. The average Bonchev–Trinajstić information content (AvgIpc) is 3.42. The number of hydrogen-bond donors (Lipinski definition) is 0. The van der Waals surface area contributed by atoms with E-state index in [1.165, 1.54) is 12.1 Å². The maximum atomic E-state index is 14.9. The Balaban J connectivity index is 1.42. The Morgan fingerprint density at radius 1 is 1.00 bits per heavy atom. The quantitative estimate of drug-likeness (QED) is 0.185. The van der Waals surface area contributed by atoms with Crippen LogP contribution in [0.25, 0.3) is 11.1 Å². The topological polar surface area (TPSA) is 64.4 Å². The van der Waals surface area contributed by atoms with Gasteiger partial charge in [-0.1, -0.05) is 23.4 Å². The summed E-state index contributed by atoms with van der Waals surface area (Å²) in [5.41, 5.74) is 3.38. The number of alkyl halides is 3. The molecule has 0 saturated carbocycles. The van der Waals surface area contributed by atoms with Gasteiger partial charge in [-0.3, -0.25) is 14.8 Å². The van der Waals surface area contributed by atoms with E-state index in [1.807, 2.05) is 12.1 Å². The van der Waals surface area contributed by atoms with Gasteiger partial charge in [0.25, 0.3) is 0 Å². The zero-order valence-corrected chi connectivity index (χ0v) is 20.9. The molecule has 0 aliphatic carbocycles. The molecule has 9 heteroatoms. The minimum atomic E-state index is -4.48. The van der Waals surface area contributed by atoms with Crippen LogP contribution >= 0.6 is 0 Å². The lowest BCUT2D eigenvalue weighted by atomic mass is 9.92. The SMILES string of the molecule is Cc1ccc(-c2cc(C(=O)CCc3ccc(C(F)(F)F)cn3)cc(C3=NOC(c4ccccn4)C3)c2)c(F)c1. The predicted molar refractivity (Wildman–Crippen MR) is 138 cm³/mol. The predicted octanol–water partition coefficient (Wildman–Crippen LogP) is 7.29. The number of pyridine rings is 2. The Morgan fingerprint density at radius 3 is 2.51 bits per heavy atom. The largest absolute Gasteiger partial charge is 0.417 e. The molecule has 1 aliphatic rings. The number of nitrogens with zero attached hydrogens (tertiary/aromatic N) is 3. The van der Waals surface area contributed by atoms with Crippen LogP contribution in [0, 0.1) is 12.7 Å². The van der Waals surface area contributed by atoms with Crippen molar-refractivity contribution in [2.75, 3.05) is 0 Å². The van der Waals surface area contributed by atoms with Crippen LogP contribution in [0.5, 0.6) is 0 Å². The first-order chi connectivity index (χ1) is 18.7. The van der Waals surface area contributed by atoms with Crippen LogP contribution in [0.4, 0.5) is 17.6 Å². The van der Waals surface area contributed by atoms with Crippen molar-refractivity contribution in [3.63, 3.8) is 0 Å². The van der Waals surface area contributed by atoms with Crippen LogP contribution in [0.2, 0.25) is 0 Å². The van der Waals surface area contributed by atoms with Gasteiger partial charge in [0.05, 0.1) is 17.0 Å². The average molecular weight is 534 g/mol. The van der Waals surface area contributed by atoms with Gasteiger partial charge in [-0.15, -0.1) is 0 Å². The first-order valence-electron chi connectivity index (χ1n) is 12.3. The number of benzene rings is 2. The summed E-state index contributed by atoms with van der Waals surface area (Å²) in [6, 6.07) is 17.6. The molecule has 1 atom stereocenters. The second kappa shape index (κ2) is 10.8. The Kier molecular flexibility index (Phi) is 7.24. The molecule has 0 spiro atoms. The molecule has 198 valence electrons. The molecule has 0 fully saturated rings. The van der Waals surface area contributed by atoms with E-state index >= 15 is 0 Å². The third-order valence-corrected chi connectivity index (χ3v) is 6.47. The highest BCUT2D eigenvalue weighted by atomic mass is 19.4. The van der Waals surface area contributed by atoms with Gasteiger partial charge < -0.3 is 4.84 Å². The van der Waals surface area contributed by atoms with E-state index in [0.717, 1.165) is 23.5 Å². The number of Topliss-reactive ketones (excluding diaryl/α,β-unsaturated/α-hetero) is 1. The summed E-state index contributed by atoms with van der Waals surface area (Å²) in [5, 5.41) is 4.23. The zero-order chi connectivity index (χ0) is 27.6. The molecular formula is C30H23F4N3O2. The molecule has 1 aliphatic heterocycles. The summed E-state index contributed by atoms with van der Waals surface area (Å²) in [6.07, 6.45) is -1.86. The fourth-order valence-electron chi connectivity index (χ4n) is 4.36. The Morgan fingerprint density at radius 2 is 1.82 bits per heavy atom. The molecule has 0 N–H and O–H groups in total. The number of aryl methyl sites for hydroxylation is 2. The van der Waals surface area contributed by atoms with Crippen LogP contribution in [-0.2, 0) is 17.4 Å². The van der Waals surface area contributed by atoms with E-state index < -0.39 is 17.6 Å². The number of oxime groups is 1. The number of ketones is 1. The van der Waals surface area contributed by atoms with E-state index in [4.69, 9.17) is 4.84 Å². The summed E-state index contributed by atoms with van der Waals surface area (Å²) in [4.78, 5) is 27.0. The van der Waals surface area contributed by atoms with Crippen molar-refractivity contribution in [3.05, 3.63) is 119 Å². The molecule has 0 saturated heterocycles. The minimum absolute atomic E-state index is 0.0111. The second-order valence-electron chi connectivity index (χ2n) is 9.33. The lowest BCUT2D eigenvalue weighted by Gasteiger charge is -2.11. The normalized spacial score (nSPS) is 15.1. The van der Waals surface area contributed by atoms with Gasteiger partial charge in [0.2, 0.25) is 0 Å². The molecule has 3 heterocycles. The van der Waals surface area contributed by atoms with E-state index in [9.17, 15) is 22.4 Å². The van der Waals surface area contributed by atoms with Crippen LogP contribution in [0.1, 0.15) is 57.4 Å². The van der Waals surface area contributed by atoms with Gasteiger partial charge in [-0.25, -0.2) is 4.39 Å². The highest BCUT2D eigenvalue weighted by molar-refractivity contribution is 6.05. The molecule has 2 aromatic carbocycles. The van der Waals surface area contributed by atoms with Crippen LogP contribution < -0.4 is 0 Å². The summed E-state index contributed by atoms with van der Waals surface area (Å²) < 4.78 is 53.4. The number of carbonyl (C=O) groups is 1. The summed E-state index contributed by atoms with van der Waals surface area (Å²) in [5.74, 6) is -0.677. The molecule has 39 heavy (non-hydrogen) atoms. The van der Waals surface area contributed by atoms with Crippen molar-refractivity contribution in [3.8, 4) is 11.1 Å². The monoisotopic (exact) mass is 533 g/mol. The minimum Gasteiger partial charge on any atom is -0.385 e. The maximum Gasteiger partial charge on any atom is 0.417 e. The molecule has 1 unspecified atom stereocenters. The maximum absolute atomic E-state index is 14.9. The van der Waals surface area contributed by atoms with Crippen molar-refractivity contribution in [2.24, 2.45) is 5.16 Å². The van der Waals surface area contributed by atoms with Gasteiger partial charge in [-0.2, -0.15) is 13.2 Å². The summed E-state index contributed by atoms with van der Waals surface area (Å²) in [7, 11) is 0. The fourth-order valence-corrected chi connectivity index (χ4v) is 4.36. The molecule has 0 bridgehead atoms. The van der Waals surface area contributed by atoms with Crippen molar-refractivity contribution in [1.29, 1.82) is 0 Å². The summed E-state index contributed by atoms with van der Waals surface area (Å²) in [6.45, 7) is 1.79. The van der Waals surface area contributed by atoms with Crippen LogP contribution in [0.15, 0.2) is 84.3 Å². The fraction of sp³-hybridized carbons (Fsp3) is 0.200. The van der Waals surface area contributed by atoms with Crippen molar-refractivity contribution >= 4 is 11.5 Å². The third kappa shape index (κ3) is 6.03. The third-order valence-electron chi connectivity index (χ3n) is 6.47. The Hall–Kier alpha value is -4.40. The number of rotatable bonds is 7. The number of aromatic nitrogens is 2. The van der Waals surface area contributed by atoms with Crippen molar-refractivity contribution in [2.45, 2.75) is 38.5 Å². The van der Waals surface area contributed by atoms with Gasteiger partial charge in [0.15, 0.2) is 11.9 Å². The van der Waals surface area contributed by atoms with Crippen molar-refractivity contribution < 1.29 is 27.2 Å². The first-order valence-corrected chi connectivity index (χ1v) is 12.3. The van der Waals surface area contributed by atoms with Gasteiger partial charge in [0, 0.05) is 47.6 Å². The molecule has 0 radical (unpaired) electrons. The number of hydrogen-bond acceptors (Lipinski definition) is 5. The standard InChI is InChI=1S/C30H23F4N3O2/c1-18-5-9-24(25(31)12-18)19-13-20(27-16-29(39-37-27)26-4-2-3-11-35-26)15-21(14-19)28(38)10-8-23-7-6-22(17-36-23)30(32,33)34/h2-7,9,11-15,17,29H,8,10,16H2,1H3. The Labute approximate surface area is 222 Å². The molecule has 2 aromatic heterocycles. The van der Waals surface area contributed by atoms with E-state index in [-0.39, 0.29) is 24.7 Å². The first kappa shape index (κ1) is 26.2. The molecule has 5 rings (SSSR count). The van der Waals surface area contributed by atoms with Crippen LogP contribution in [0.3, 0.4) is 0 Å². The molecule has 4 aromatic rings. The Bertz CT molecular complexity index is 1530. The lowest BCUT2D eigenvalue weighted by Crippen LogP contribution is -2.08. The molecular weight excluding hydrogens is 510 g/mol. The van der Waals surface area contributed by atoms with Gasteiger partial charge in [-0.05, 0) is 73.0 Å². The number of carbonyl (C=O) groups excluding carboxylic acids is 1. The zero-order valence-electron chi connectivity index (χ0n) is 20.9. The van der Waals surface area contributed by atoms with E-state index in [0.29, 0.717) is 40.1 Å². The molecule has 0 amide bonds. The summed E-state index contributed by atoms with van der Waals surface area (Å²) >= 11 is 0. The highest BCUT2D eigenvalue weighted by Gasteiger charge is 2.30. The lowest BCUT2D eigenvalue weighted by molar-refractivity contribution is -0.137. The molecule has 5 nitrogen and oxygen atoms in total. The van der Waals surface area contributed by atoms with Gasteiger partial charge >= 0.3 is 6.18 Å².